The van der Waals surface area contributed by atoms with E-state index in [2.05, 4.69) is 20.3 Å². The summed E-state index contributed by atoms with van der Waals surface area (Å²) in [5.74, 6) is 0.988. The molecule has 8 heteroatoms. The van der Waals surface area contributed by atoms with E-state index in [1.807, 2.05) is 37.3 Å². The highest BCUT2D eigenvalue weighted by Crippen LogP contribution is 2.14. The number of benzene rings is 1. The first kappa shape index (κ1) is 17.4. The fourth-order valence-corrected chi connectivity index (χ4v) is 2.22. The van der Waals surface area contributed by atoms with Crippen molar-refractivity contribution in [1.82, 2.24) is 15.0 Å². The van der Waals surface area contributed by atoms with Gasteiger partial charge in [-0.05, 0) is 31.2 Å². The fraction of sp³-hybridized carbons (Fsp3) is 0.222. The molecule has 0 unspecified atom stereocenters. The summed E-state index contributed by atoms with van der Waals surface area (Å²) in [5.41, 5.74) is 7.68. The summed E-state index contributed by atoms with van der Waals surface area (Å²) in [7, 11) is 0. The number of hydrogen-bond acceptors (Lipinski definition) is 8. The van der Waals surface area contributed by atoms with E-state index in [1.54, 1.807) is 12.3 Å². The molecule has 0 bridgehead atoms. The Hall–Kier alpha value is -3.42. The summed E-state index contributed by atoms with van der Waals surface area (Å²) in [6, 6.07) is 11.3. The molecule has 0 aliphatic heterocycles. The van der Waals surface area contributed by atoms with Gasteiger partial charge < -0.3 is 20.2 Å². The van der Waals surface area contributed by atoms with Gasteiger partial charge in [-0.2, -0.15) is 15.0 Å². The van der Waals surface area contributed by atoms with Crippen LogP contribution in [0.4, 0.5) is 17.6 Å². The average Bonchev–Trinajstić information content (AvgIpc) is 3.13. The van der Waals surface area contributed by atoms with E-state index in [0.717, 1.165) is 17.0 Å². The Labute approximate surface area is 150 Å². The normalized spacial score (nSPS) is 10.5. The molecule has 1 aromatic carbocycles. The third-order valence-electron chi connectivity index (χ3n) is 3.52. The van der Waals surface area contributed by atoms with Crippen LogP contribution in [0.25, 0.3) is 0 Å². The smallest absolute Gasteiger partial charge is 0.306 e. The summed E-state index contributed by atoms with van der Waals surface area (Å²) >= 11 is 0. The zero-order valence-corrected chi connectivity index (χ0v) is 14.3. The molecule has 3 N–H and O–H groups in total. The van der Waals surface area contributed by atoms with Gasteiger partial charge >= 0.3 is 5.97 Å². The van der Waals surface area contributed by atoms with Crippen molar-refractivity contribution in [2.24, 2.45) is 0 Å². The molecule has 0 aliphatic rings. The van der Waals surface area contributed by atoms with Gasteiger partial charge in [-0.1, -0.05) is 17.7 Å². The first-order chi connectivity index (χ1) is 12.6. The van der Waals surface area contributed by atoms with E-state index >= 15 is 0 Å². The number of aryl methyl sites for hydroxylation is 2. The lowest BCUT2D eigenvalue weighted by atomic mass is 10.2. The zero-order valence-electron chi connectivity index (χ0n) is 14.3. The number of nitrogen functional groups attached to an aromatic ring is 1. The maximum Gasteiger partial charge on any atom is 0.306 e. The maximum atomic E-state index is 11.8. The van der Waals surface area contributed by atoms with Gasteiger partial charge in [0.15, 0.2) is 12.4 Å². The Kier molecular flexibility index (Phi) is 5.43. The summed E-state index contributed by atoms with van der Waals surface area (Å²) in [4.78, 5) is 24.1. The second kappa shape index (κ2) is 8.11. The molecule has 0 atom stereocenters. The Morgan fingerprint density at radius 1 is 1.19 bits per heavy atom. The summed E-state index contributed by atoms with van der Waals surface area (Å²) in [6.07, 6.45) is 2.25. The van der Waals surface area contributed by atoms with Crippen molar-refractivity contribution in [3.05, 3.63) is 59.8 Å². The summed E-state index contributed by atoms with van der Waals surface area (Å²) < 4.78 is 10.4. The Morgan fingerprint density at radius 3 is 2.73 bits per heavy atom. The molecule has 2 heterocycles. The van der Waals surface area contributed by atoms with Crippen LogP contribution in [0.3, 0.4) is 0 Å². The topological polar surface area (TPSA) is 116 Å². The molecule has 134 valence electrons. The first-order valence-corrected chi connectivity index (χ1v) is 8.10. The SMILES string of the molecule is Cc1ccc(Nc2nc(N)nc(COC(=O)CCc3ccco3)n2)cc1. The number of anilines is 3. The second-order valence-corrected chi connectivity index (χ2v) is 5.66. The number of hydrogen-bond donors (Lipinski definition) is 2. The number of carbonyl (C=O) groups is 1. The van der Waals surface area contributed by atoms with Gasteiger partial charge in [-0.15, -0.1) is 0 Å². The Bertz CT molecular complexity index is 863. The van der Waals surface area contributed by atoms with E-state index in [0.29, 0.717) is 12.4 Å². The predicted molar refractivity (Wildman–Crippen MR) is 95.5 cm³/mol. The average molecular weight is 353 g/mol. The van der Waals surface area contributed by atoms with Crippen LogP contribution in [0.2, 0.25) is 0 Å². The first-order valence-electron chi connectivity index (χ1n) is 8.10. The van der Waals surface area contributed by atoms with E-state index in [-0.39, 0.29) is 30.8 Å². The van der Waals surface area contributed by atoms with Gasteiger partial charge in [0.25, 0.3) is 0 Å². The molecule has 3 rings (SSSR count). The van der Waals surface area contributed by atoms with Crippen LogP contribution >= 0.6 is 0 Å². The standard InChI is InChI=1S/C18H19N5O3/c1-12-4-6-13(7-5-12)20-18-22-15(21-17(19)23-18)11-26-16(24)9-8-14-3-2-10-25-14/h2-7,10H,8-9,11H2,1H3,(H3,19,20,21,22,23). The molecule has 8 nitrogen and oxygen atoms in total. The number of nitrogens with zero attached hydrogens (tertiary/aromatic N) is 3. The van der Waals surface area contributed by atoms with Crippen molar-refractivity contribution >= 4 is 23.6 Å². The van der Waals surface area contributed by atoms with Gasteiger partial charge in [-0.3, -0.25) is 4.79 Å². The van der Waals surface area contributed by atoms with Crippen LogP contribution in [-0.2, 0) is 22.6 Å². The van der Waals surface area contributed by atoms with Crippen LogP contribution < -0.4 is 11.1 Å². The molecule has 26 heavy (non-hydrogen) atoms. The minimum absolute atomic E-state index is 0.0521. The number of rotatable bonds is 7. The molecular weight excluding hydrogens is 334 g/mol. The number of nitrogens with one attached hydrogen (secondary N) is 1. The van der Waals surface area contributed by atoms with Crippen molar-refractivity contribution in [3.63, 3.8) is 0 Å². The van der Waals surface area contributed by atoms with Gasteiger partial charge in [0.05, 0.1) is 12.7 Å². The van der Waals surface area contributed by atoms with Crippen molar-refractivity contribution in [2.75, 3.05) is 11.1 Å². The van der Waals surface area contributed by atoms with E-state index < -0.39 is 0 Å². The predicted octanol–water partition coefficient (Wildman–Crippen LogP) is 2.77. The second-order valence-electron chi connectivity index (χ2n) is 5.66. The molecule has 2 aromatic heterocycles. The van der Waals surface area contributed by atoms with E-state index in [1.165, 1.54) is 0 Å². The van der Waals surface area contributed by atoms with Gasteiger partial charge in [-0.25, -0.2) is 0 Å². The quantitative estimate of drug-likeness (QED) is 0.623. The lowest BCUT2D eigenvalue weighted by molar-refractivity contribution is -0.145. The maximum absolute atomic E-state index is 11.8. The number of nitrogens with two attached hydrogens (primary N) is 1. The third-order valence-corrected chi connectivity index (χ3v) is 3.52. The molecule has 0 amide bonds. The molecule has 0 radical (unpaired) electrons. The number of aromatic nitrogens is 3. The Balaban J connectivity index is 1.56. The molecular formula is C18H19N5O3. The number of furan rings is 1. The molecule has 0 saturated heterocycles. The molecule has 0 spiro atoms. The third kappa shape index (κ3) is 5.04. The zero-order chi connectivity index (χ0) is 18.4. The van der Waals surface area contributed by atoms with E-state index in [4.69, 9.17) is 14.9 Å². The van der Waals surface area contributed by atoms with Crippen molar-refractivity contribution in [2.45, 2.75) is 26.4 Å². The van der Waals surface area contributed by atoms with Crippen molar-refractivity contribution in [3.8, 4) is 0 Å². The number of esters is 1. The monoisotopic (exact) mass is 353 g/mol. The Morgan fingerprint density at radius 2 is 2.00 bits per heavy atom. The molecule has 3 aromatic rings. The van der Waals surface area contributed by atoms with Gasteiger partial charge in [0.1, 0.15) is 5.76 Å². The minimum Gasteiger partial charge on any atom is -0.469 e. The van der Waals surface area contributed by atoms with Crippen LogP contribution in [0.15, 0.2) is 47.1 Å². The number of carbonyl (C=O) groups excluding carboxylic acids is 1. The van der Waals surface area contributed by atoms with Crippen LogP contribution in [-0.4, -0.2) is 20.9 Å². The molecule has 0 aliphatic carbocycles. The molecule has 0 fully saturated rings. The van der Waals surface area contributed by atoms with Crippen molar-refractivity contribution < 1.29 is 13.9 Å². The van der Waals surface area contributed by atoms with Crippen LogP contribution in [0, 0.1) is 6.92 Å². The lowest BCUT2D eigenvalue weighted by Crippen LogP contribution is -2.11. The van der Waals surface area contributed by atoms with E-state index in [9.17, 15) is 4.79 Å². The van der Waals surface area contributed by atoms with Crippen molar-refractivity contribution in [1.29, 1.82) is 0 Å². The summed E-state index contributed by atoms with van der Waals surface area (Å²) in [6.45, 7) is 1.93. The highest BCUT2D eigenvalue weighted by molar-refractivity contribution is 5.69. The number of ether oxygens (including phenoxy) is 1. The van der Waals surface area contributed by atoms with Crippen LogP contribution in [0.5, 0.6) is 0 Å². The lowest BCUT2D eigenvalue weighted by Gasteiger charge is -2.08. The fourth-order valence-electron chi connectivity index (χ4n) is 2.22. The van der Waals surface area contributed by atoms with Crippen LogP contribution in [0.1, 0.15) is 23.6 Å². The highest BCUT2D eigenvalue weighted by atomic mass is 16.5. The summed E-state index contributed by atoms with van der Waals surface area (Å²) in [5, 5.41) is 3.05. The largest absolute Gasteiger partial charge is 0.469 e. The van der Waals surface area contributed by atoms with Gasteiger partial charge in [0, 0.05) is 12.1 Å². The van der Waals surface area contributed by atoms with Gasteiger partial charge in [0.2, 0.25) is 11.9 Å². The molecule has 0 saturated carbocycles. The highest BCUT2D eigenvalue weighted by Gasteiger charge is 2.09. The minimum atomic E-state index is -0.367.